The molecular formula is C13H12Br2INS. The van der Waals surface area contributed by atoms with E-state index in [4.69, 9.17) is 0 Å². The quantitative estimate of drug-likeness (QED) is 0.549. The smallest absolute Gasteiger partial charge is 0.0690 e. The number of rotatable bonds is 3. The van der Waals surface area contributed by atoms with Gasteiger partial charge in [0.2, 0.25) is 0 Å². The highest BCUT2D eigenvalue weighted by Crippen LogP contribution is 2.37. The molecule has 0 amide bonds. The van der Waals surface area contributed by atoms with Crippen molar-refractivity contribution in [2.75, 3.05) is 7.05 Å². The average molecular weight is 501 g/mol. The second kappa shape index (κ2) is 6.35. The lowest BCUT2D eigenvalue weighted by Gasteiger charge is -2.18. The second-order valence-corrected chi connectivity index (χ2v) is 8.18. The number of thiophene rings is 1. The van der Waals surface area contributed by atoms with Crippen molar-refractivity contribution >= 4 is 65.8 Å². The molecule has 2 aromatic rings. The first-order valence-electron chi connectivity index (χ1n) is 5.41. The van der Waals surface area contributed by atoms with Crippen molar-refractivity contribution in [3.63, 3.8) is 0 Å². The first-order chi connectivity index (χ1) is 8.52. The summed E-state index contributed by atoms with van der Waals surface area (Å²) in [6.07, 6.45) is 0. The molecule has 1 unspecified atom stereocenters. The van der Waals surface area contributed by atoms with Crippen molar-refractivity contribution in [1.82, 2.24) is 5.32 Å². The molecule has 0 aliphatic carbocycles. The van der Waals surface area contributed by atoms with Gasteiger partial charge in [-0.25, -0.2) is 0 Å². The predicted molar refractivity (Wildman–Crippen MR) is 94.5 cm³/mol. The van der Waals surface area contributed by atoms with E-state index in [1.807, 2.05) is 18.4 Å². The maximum atomic E-state index is 3.66. The monoisotopic (exact) mass is 499 g/mol. The molecule has 1 heterocycles. The van der Waals surface area contributed by atoms with Gasteiger partial charge in [0.05, 0.1) is 6.04 Å². The van der Waals surface area contributed by atoms with Gasteiger partial charge in [-0.05, 0) is 82.3 Å². The molecule has 1 nitrogen and oxygen atoms in total. The van der Waals surface area contributed by atoms with Crippen molar-refractivity contribution < 1.29 is 0 Å². The number of halogens is 3. The molecule has 1 N–H and O–H groups in total. The van der Waals surface area contributed by atoms with E-state index in [9.17, 15) is 0 Å². The summed E-state index contributed by atoms with van der Waals surface area (Å²) in [6.45, 7) is 2.14. The molecule has 0 aliphatic rings. The second-order valence-electron chi connectivity index (χ2n) is 3.96. The van der Waals surface area contributed by atoms with E-state index in [0.29, 0.717) is 0 Å². The molecule has 0 saturated carbocycles. The van der Waals surface area contributed by atoms with E-state index < -0.39 is 0 Å². The van der Waals surface area contributed by atoms with Crippen molar-refractivity contribution in [3.05, 3.63) is 52.1 Å². The molecule has 5 heteroatoms. The highest BCUT2D eigenvalue weighted by atomic mass is 127. The largest absolute Gasteiger partial charge is 0.309 e. The van der Waals surface area contributed by atoms with Crippen molar-refractivity contribution in [2.24, 2.45) is 0 Å². The van der Waals surface area contributed by atoms with Crippen LogP contribution in [0.15, 0.2) is 33.2 Å². The van der Waals surface area contributed by atoms with Gasteiger partial charge in [-0.2, -0.15) is 0 Å². The van der Waals surface area contributed by atoms with Crippen molar-refractivity contribution in [3.8, 4) is 0 Å². The molecule has 96 valence electrons. The SMILES string of the molecule is CNC(c1cc(Br)ccc1I)c1sc(C)cc1Br. The van der Waals surface area contributed by atoms with Crippen LogP contribution < -0.4 is 5.32 Å². The zero-order valence-corrected chi connectivity index (χ0v) is 16.1. The van der Waals surface area contributed by atoms with Gasteiger partial charge >= 0.3 is 0 Å². The highest BCUT2D eigenvalue weighted by molar-refractivity contribution is 14.1. The lowest BCUT2D eigenvalue weighted by atomic mass is 10.1. The van der Waals surface area contributed by atoms with E-state index in [-0.39, 0.29) is 6.04 Å². The fourth-order valence-electron chi connectivity index (χ4n) is 1.86. The van der Waals surface area contributed by atoms with Crippen LogP contribution in [0.1, 0.15) is 21.4 Å². The Bertz CT molecular complexity index is 568. The average Bonchev–Trinajstić information content (AvgIpc) is 2.64. The Morgan fingerprint density at radius 3 is 2.56 bits per heavy atom. The van der Waals surface area contributed by atoms with E-state index in [0.717, 1.165) is 4.47 Å². The van der Waals surface area contributed by atoms with E-state index in [2.05, 4.69) is 91.0 Å². The van der Waals surface area contributed by atoms with Crippen LogP contribution in [-0.2, 0) is 0 Å². The summed E-state index contributed by atoms with van der Waals surface area (Å²) in [5.74, 6) is 0. The molecule has 0 saturated heterocycles. The molecule has 2 rings (SSSR count). The van der Waals surface area contributed by atoms with Crippen LogP contribution in [-0.4, -0.2) is 7.05 Å². The fourth-order valence-corrected chi connectivity index (χ4v) is 4.90. The summed E-state index contributed by atoms with van der Waals surface area (Å²) in [5, 5.41) is 3.41. The normalized spacial score (nSPS) is 12.7. The zero-order valence-electron chi connectivity index (χ0n) is 9.93. The van der Waals surface area contributed by atoms with Crippen LogP contribution in [0.2, 0.25) is 0 Å². The molecule has 1 atom stereocenters. The number of benzene rings is 1. The predicted octanol–water partition coefficient (Wildman–Crippen LogP) is 5.49. The van der Waals surface area contributed by atoms with Crippen LogP contribution in [0.4, 0.5) is 0 Å². The lowest BCUT2D eigenvalue weighted by molar-refractivity contribution is 0.698. The Morgan fingerprint density at radius 2 is 2.00 bits per heavy atom. The topological polar surface area (TPSA) is 12.0 Å². The molecule has 0 radical (unpaired) electrons. The lowest BCUT2D eigenvalue weighted by Crippen LogP contribution is -2.18. The Hall–Kier alpha value is 0.570. The maximum absolute atomic E-state index is 3.66. The summed E-state index contributed by atoms with van der Waals surface area (Å²) in [5.41, 5.74) is 1.30. The third kappa shape index (κ3) is 3.17. The fraction of sp³-hybridized carbons (Fsp3) is 0.231. The van der Waals surface area contributed by atoms with Gasteiger partial charge in [0, 0.05) is 22.3 Å². The number of hydrogen-bond acceptors (Lipinski definition) is 2. The van der Waals surface area contributed by atoms with Gasteiger partial charge < -0.3 is 5.32 Å². The van der Waals surface area contributed by atoms with Crippen LogP contribution in [0, 0.1) is 10.5 Å². The minimum Gasteiger partial charge on any atom is -0.309 e. The van der Waals surface area contributed by atoms with Gasteiger partial charge in [0.25, 0.3) is 0 Å². The molecule has 0 spiro atoms. The molecule has 0 fully saturated rings. The maximum Gasteiger partial charge on any atom is 0.0690 e. The minimum absolute atomic E-state index is 0.225. The minimum atomic E-state index is 0.225. The first-order valence-corrected chi connectivity index (χ1v) is 8.89. The van der Waals surface area contributed by atoms with Crippen molar-refractivity contribution in [2.45, 2.75) is 13.0 Å². The van der Waals surface area contributed by atoms with Crippen LogP contribution in [0.5, 0.6) is 0 Å². The first kappa shape index (κ1) is 15.0. The van der Waals surface area contributed by atoms with E-state index in [1.54, 1.807) is 0 Å². The highest BCUT2D eigenvalue weighted by Gasteiger charge is 2.19. The van der Waals surface area contributed by atoms with Gasteiger partial charge in [-0.3, -0.25) is 0 Å². The molecule has 1 aromatic heterocycles. The number of aryl methyl sites for hydroxylation is 1. The van der Waals surface area contributed by atoms with Gasteiger partial charge in [-0.15, -0.1) is 11.3 Å². The third-order valence-corrected chi connectivity index (χ3v) is 6.17. The Labute approximate surface area is 142 Å². The van der Waals surface area contributed by atoms with E-state index in [1.165, 1.54) is 23.4 Å². The molecule has 1 aromatic carbocycles. The van der Waals surface area contributed by atoms with Gasteiger partial charge in [0.15, 0.2) is 0 Å². The number of nitrogens with one attached hydrogen (secondary N) is 1. The molecule has 18 heavy (non-hydrogen) atoms. The van der Waals surface area contributed by atoms with Crippen molar-refractivity contribution in [1.29, 1.82) is 0 Å². The summed E-state index contributed by atoms with van der Waals surface area (Å²) in [6, 6.07) is 8.80. The Morgan fingerprint density at radius 1 is 1.28 bits per heavy atom. The van der Waals surface area contributed by atoms with Crippen LogP contribution >= 0.6 is 65.8 Å². The van der Waals surface area contributed by atoms with E-state index >= 15 is 0 Å². The molecule has 0 aliphatic heterocycles. The van der Waals surface area contributed by atoms with Crippen LogP contribution in [0.25, 0.3) is 0 Å². The van der Waals surface area contributed by atoms with Gasteiger partial charge in [0.1, 0.15) is 0 Å². The summed E-state index contributed by atoms with van der Waals surface area (Å²) in [7, 11) is 2.00. The summed E-state index contributed by atoms with van der Waals surface area (Å²) < 4.78 is 3.57. The summed E-state index contributed by atoms with van der Waals surface area (Å²) in [4.78, 5) is 2.65. The third-order valence-electron chi connectivity index (χ3n) is 2.66. The summed E-state index contributed by atoms with van der Waals surface area (Å²) >= 11 is 11.4. The Balaban J connectivity index is 2.51. The Kier molecular flexibility index (Phi) is 5.28. The molecular weight excluding hydrogens is 489 g/mol. The number of hydrogen-bond donors (Lipinski definition) is 1. The van der Waals surface area contributed by atoms with Crippen LogP contribution in [0.3, 0.4) is 0 Å². The molecule has 0 bridgehead atoms. The standard InChI is InChI=1S/C13H12Br2INS/c1-7-5-10(15)13(18-7)12(17-2)9-6-8(14)3-4-11(9)16/h3-6,12,17H,1-2H3. The van der Waals surface area contributed by atoms with Gasteiger partial charge in [-0.1, -0.05) is 15.9 Å². The zero-order chi connectivity index (χ0) is 13.3.